The molecule has 0 spiro atoms. The third-order valence-corrected chi connectivity index (χ3v) is 6.33. The van der Waals surface area contributed by atoms with E-state index < -0.39 is 0 Å². The standard InChI is InChI=1S/C25H33NO5/c1-15(2)19-10-18(22(27)9-16(19)3)14-26-8-7-17-11-23(29-4)24(30-5)12-20(17)21(26)13-25(28)31-6/h9-12,15,21,27H,7-8,13-14H2,1-6H3/p+1/t21-/m0/s1. The lowest BCUT2D eigenvalue weighted by molar-refractivity contribution is -0.946. The smallest absolute Gasteiger partial charge is 0.311 e. The molecule has 6 nitrogen and oxygen atoms in total. The molecule has 2 N–H and O–H groups in total. The Morgan fingerprint density at radius 1 is 1.13 bits per heavy atom. The minimum atomic E-state index is -0.249. The number of hydrogen-bond acceptors (Lipinski definition) is 5. The van der Waals surface area contributed by atoms with Crippen molar-refractivity contribution in [1.29, 1.82) is 0 Å². The summed E-state index contributed by atoms with van der Waals surface area (Å²) in [5, 5.41) is 10.6. The van der Waals surface area contributed by atoms with Crippen LogP contribution in [0.5, 0.6) is 17.2 Å². The minimum absolute atomic E-state index is 0.0980. The van der Waals surface area contributed by atoms with Crippen LogP contribution in [0.3, 0.4) is 0 Å². The molecular weight excluding hydrogens is 394 g/mol. The number of methoxy groups -OCH3 is 3. The first-order valence-corrected chi connectivity index (χ1v) is 10.8. The quantitative estimate of drug-likeness (QED) is 0.664. The molecule has 1 unspecified atom stereocenters. The van der Waals surface area contributed by atoms with E-state index in [2.05, 4.69) is 19.9 Å². The van der Waals surface area contributed by atoms with Gasteiger partial charge in [0.05, 0.1) is 27.9 Å². The first kappa shape index (κ1) is 22.9. The number of benzene rings is 2. The lowest BCUT2D eigenvalue weighted by atomic mass is 9.89. The van der Waals surface area contributed by atoms with Crippen molar-refractivity contribution in [2.24, 2.45) is 0 Å². The molecule has 3 rings (SSSR count). The fourth-order valence-corrected chi connectivity index (χ4v) is 4.65. The van der Waals surface area contributed by atoms with Crippen LogP contribution in [-0.4, -0.2) is 38.9 Å². The Bertz CT molecular complexity index is 953. The highest BCUT2D eigenvalue weighted by Crippen LogP contribution is 2.35. The zero-order chi connectivity index (χ0) is 22.7. The average molecular weight is 429 g/mol. The normalized spacial score (nSPS) is 17.9. The van der Waals surface area contributed by atoms with Crippen molar-refractivity contribution < 1.29 is 29.0 Å². The second kappa shape index (κ2) is 9.60. The highest BCUT2D eigenvalue weighted by molar-refractivity contribution is 5.70. The van der Waals surface area contributed by atoms with Gasteiger partial charge in [-0.2, -0.15) is 0 Å². The van der Waals surface area contributed by atoms with E-state index in [1.165, 1.54) is 17.6 Å². The molecule has 0 saturated carbocycles. The molecule has 0 fully saturated rings. The second-order valence-electron chi connectivity index (χ2n) is 8.57. The maximum Gasteiger partial charge on any atom is 0.311 e. The maximum atomic E-state index is 12.3. The number of rotatable bonds is 7. The summed E-state index contributed by atoms with van der Waals surface area (Å²) in [6.07, 6.45) is 1.12. The Hall–Kier alpha value is -2.73. The van der Waals surface area contributed by atoms with E-state index in [0.29, 0.717) is 29.7 Å². The molecule has 6 heteroatoms. The van der Waals surface area contributed by atoms with Crippen molar-refractivity contribution in [3.8, 4) is 17.2 Å². The number of carbonyl (C=O) groups excluding carboxylic acids is 1. The van der Waals surface area contributed by atoms with Crippen molar-refractivity contribution in [2.45, 2.75) is 52.1 Å². The summed E-state index contributed by atoms with van der Waals surface area (Å²) in [7, 11) is 4.66. The summed E-state index contributed by atoms with van der Waals surface area (Å²) >= 11 is 0. The number of esters is 1. The summed E-state index contributed by atoms with van der Waals surface area (Å²) < 4.78 is 16.0. The topological polar surface area (TPSA) is 69.4 Å². The Kier molecular flexibility index (Phi) is 7.11. The van der Waals surface area contributed by atoms with Gasteiger partial charge in [0.1, 0.15) is 24.8 Å². The van der Waals surface area contributed by atoms with Gasteiger partial charge < -0.3 is 24.2 Å². The van der Waals surface area contributed by atoms with Gasteiger partial charge in [0.2, 0.25) is 0 Å². The lowest BCUT2D eigenvalue weighted by Crippen LogP contribution is -3.12. The van der Waals surface area contributed by atoms with Gasteiger partial charge in [-0.25, -0.2) is 0 Å². The molecule has 0 saturated heterocycles. The number of nitrogens with one attached hydrogen (secondary N) is 1. The molecule has 2 aromatic carbocycles. The van der Waals surface area contributed by atoms with Crippen molar-refractivity contribution >= 4 is 5.97 Å². The minimum Gasteiger partial charge on any atom is -0.507 e. The molecule has 0 aromatic heterocycles. The van der Waals surface area contributed by atoms with E-state index in [1.807, 2.05) is 25.1 Å². The van der Waals surface area contributed by atoms with Crippen molar-refractivity contribution in [3.63, 3.8) is 0 Å². The van der Waals surface area contributed by atoms with Crippen LogP contribution in [0.25, 0.3) is 0 Å². The molecule has 0 radical (unpaired) electrons. The summed E-state index contributed by atoms with van der Waals surface area (Å²) in [6, 6.07) is 7.86. The fraction of sp³-hybridized carbons (Fsp3) is 0.480. The van der Waals surface area contributed by atoms with E-state index in [0.717, 1.165) is 35.2 Å². The van der Waals surface area contributed by atoms with Crippen LogP contribution in [0, 0.1) is 6.92 Å². The summed E-state index contributed by atoms with van der Waals surface area (Å²) in [5.74, 6) is 1.78. The third-order valence-electron chi connectivity index (χ3n) is 6.33. The molecule has 1 aliphatic heterocycles. The first-order valence-electron chi connectivity index (χ1n) is 10.8. The summed E-state index contributed by atoms with van der Waals surface area (Å²) in [4.78, 5) is 13.5. The van der Waals surface area contributed by atoms with Gasteiger partial charge in [-0.1, -0.05) is 13.8 Å². The van der Waals surface area contributed by atoms with Crippen LogP contribution in [0.4, 0.5) is 0 Å². The number of aryl methyl sites for hydroxylation is 1. The van der Waals surface area contributed by atoms with Gasteiger partial charge in [0.15, 0.2) is 11.5 Å². The largest absolute Gasteiger partial charge is 0.507 e. The zero-order valence-electron chi connectivity index (χ0n) is 19.4. The van der Waals surface area contributed by atoms with E-state index in [9.17, 15) is 9.90 Å². The number of phenolic OH excluding ortho intramolecular Hbond substituents is 1. The Morgan fingerprint density at radius 3 is 2.42 bits per heavy atom. The SMILES string of the molecule is COC(=O)C[C@H]1c2cc(OC)c(OC)cc2CC[NH+]1Cc1cc(C(C)C)c(C)cc1O. The number of carbonyl (C=O) groups is 1. The Morgan fingerprint density at radius 2 is 1.81 bits per heavy atom. The molecule has 0 aliphatic carbocycles. The predicted octanol–water partition coefficient (Wildman–Crippen LogP) is 3.09. The van der Waals surface area contributed by atoms with E-state index in [1.54, 1.807) is 14.2 Å². The number of phenols is 1. The molecule has 168 valence electrons. The molecule has 2 atom stereocenters. The highest BCUT2D eigenvalue weighted by Gasteiger charge is 2.35. The van der Waals surface area contributed by atoms with Gasteiger partial charge in [0, 0.05) is 17.5 Å². The molecule has 0 bridgehead atoms. The van der Waals surface area contributed by atoms with Gasteiger partial charge in [-0.05, 0) is 53.8 Å². The molecule has 31 heavy (non-hydrogen) atoms. The van der Waals surface area contributed by atoms with E-state index >= 15 is 0 Å². The highest BCUT2D eigenvalue weighted by atomic mass is 16.5. The predicted molar refractivity (Wildman–Crippen MR) is 119 cm³/mol. The molecule has 0 amide bonds. The van der Waals surface area contributed by atoms with Crippen molar-refractivity contribution in [3.05, 3.63) is 52.1 Å². The molecular formula is C25H34NO5+. The van der Waals surface area contributed by atoms with Crippen molar-refractivity contribution in [1.82, 2.24) is 0 Å². The van der Waals surface area contributed by atoms with Crippen molar-refractivity contribution in [2.75, 3.05) is 27.9 Å². The Labute approximate surface area is 184 Å². The van der Waals surface area contributed by atoms with Crippen LogP contribution in [0.1, 0.15) is 60.0 Å². The van der Waals surface area contributed by atoms with Crippen LogP contribution in [0.15, 0.2) is 24.3 Å². The number of quaternary nitrogens is 1. The van der Waals surface area contributed by atoms with Crippen LogP contribution < -0.4 is 14.4 Å². The lowest BCUT2D eigenvalue weighted by Gasteiger charge is -2.34. The van der Waals surface area contributed by atoms with Crippen LogP contribution >= 0.6 is 0 Å². The van der Waals surface area contributed by atoms with E-state index in [-0.39, 0.29) is 18.4 Å². The molecule has 1 aliphatic rings. The molecule has 2 aromatic rings. The fourth-order valence-electron chi connectivity index (χ4n) is 4.65. The van der Waals surface area contributed by atoms with Gasteiger partial charge in [-0.3, -0.25) is 4.79 Å². The number of ether oxygens (including phenoxy) is 3. The van der Waals surface area contributed by atoms with Crippen LogP contribution in [-0.2, 0) is 22.5 Å². The summed E-state index contributed by atoms with van der Waals surface area (Å²) in [5.41, 5.74) is 5.47. The van der Waals surface area contributed by atoms with Gasteiger partial charge >= 0.3 is 5.97 Å². The zero-order valence-corrected chi connectivity index (χ0v) is 19.4. The first-order chi connectivity index (χ1) is 14.8. The monoisotopic (exact) mass is 428 g/mol. The van der Waals surface area contributed by atoms with E-state index in [4.69, 9.17) is 14.2 Å². The Balaban J connectivity index is 2.01. The second-order valence-corrected chi connectivity index (χ2v) is 8.57. The maximum absolute atomic E-state index is 12.3. The number of hydrogen-bond donors (Lipinski definition) is 2. The average Bonchev–Trinajstić information content (AvgIpc) is 2.75. The summed E-state index contributed by atoms with van der Waals surface area (Å²) in [6.45, 7) is 7.82. The van der Waals surface area contributed by atoms with Crippen LogP contribution in [0.2, 0.25) is 0 Å². The third kappa shape index (κ3) is 4.79. The van der Waals surface area contributed by atoms with Gasteiger partial charge in [-0.15, -0.1) is 0 Å². The van der Waals surface area contributed by atoms with Gasteiger partial charge in [0.25, 0.3) is 0 Å². The number of fused-ring (bicyclic) bond motifs is 1. The number of aromatic hydroxyl groups is 1. The molecule has 1 heterocycles.